The van der Waals surface area contributed by atoms with E-state index in [0.29, 0.717) is 56.5 Å². The molecule has 4 N–H and O–H groups in total. The maximum absolute atomic E-state index is 11.9. The van der Waals surface area contributed by atoms with Gasteiger partial charge in [-0.2, -0.15) is 0 Å². The summed E-state index contributed by atoms with van der Waals surface area (Å²) in [7, 11) is 0. The lowest BCUT2D eigenvalue weighted by molar-refractivity contribution is -0.384. The predicted octanol–water partition coefficient (Wildman–Crippen LogP) is 7.92. The van der Waals surface area contributed by atoms with Crippen LogP contribution in [0, 0.1) is 37.8 Å². The van der Waals surface area contributed by atoms with E-state index in [4.69, 9.17) is 0 Å². The van der Waals surface area contributed by atoms with Crippen LogP contribution in [0.15, 0.2) is 72.8 Å². The maximum atomic E-state index is 11.9. The van der Waals surface area contributed by atoms with Gasteiger partial charge < -0.3 is 20.4 Å². The molecule has 0 heterocycles. The van der Waals surface area contributed by atoms with E-state index in [2.05, 4.69) is 0 Å². The molecule has 8 bridgehead atoms. The molecule has 6 rings (SSSR count). The Morgan fingerprint density at radius 3 is 1.18 bits per heavy atom. The van der Waals surface area contributed by atoms with Crippen LogP contribution in [0.2, 0.25) is 0 Å². The first-order valence-electron chi connectivity index (χ1n) is 14.9. The van der Waals surface area contributed by atoms with Crippen molar-refractivity contribution in [1.82, 2.24) is 0 Å². The van der Waals surface area contributed by atoms with Crippen LogP contribution in [-0.4, -0.2) is 25.3 Å². The number of phenols is 4. The van der Waals surface area contributed by atoms with Crippen molar-refractivity contribution in [1.29, 1.82) is 0 Å². The van der Waals surface area contributed by atoms with Crippen molar-refractivity contribution < 1.29 is 25.3 Å². The number of aromatic hydroxyl groups is 4. The lowest BCUT2D eigenvalue weighted by atomic mass is 9.80. The molecule has 0 aromatic heterocycles. The van der Waals surface area contributed by atoms with Crippen LogP contribution in [0.25, 0.3) is 0 Å². The molecule has 45 heavy (non-hydrogen) atoms. The number of nitro benzene ring substituents is 1. The first-order valence-corrected chi connectivity index (χ1v) is 14.9. The number of rotatable bonds is 2. The van der Waals surface area contributed by atoms with Crippen molar-refractivity contribution in [3.63, 3.8) is 0 Å². The predicted molar refractivity (Wildman–Crippen MR) is 174 cm³/mol. The monoisotopic (exact) mass is 601 g/mol. The summed E-state index contributed by atoms with van der Waals surface area (Å²) in [6.07, 6.45) is 0.785. The van der Waals surface area contributed by atoms with Gasteiger partial charge in [0.2, 0.25) is 0 Å². The van der Waals surface area contributed by atoms with Gasteiger partial charge in [-0.1, -0.05) is 82.9 Å². The van der Waals surface area contributed by atoms with Gasteiger partial charge in [0.05, 0.1) is 4.92 Å². The summed E-state index contributed by atoms with van der Waals surface area (Å²) >= 11 is 0. The Kier molecular flexibility index (Phi) is 7.49. The van der Waals surface area contributed by atoms with E-state index in [-0.39, 0.29) is 41.5 Å². The molecule has 0 spiro atoms. The highest BCUT2D eigenvalue weighted by Crippen LogP contribution is 2.46. The van der Waals surface area contributed by atoms with E-state index in [1.165, 1.54) is 12.1 Å². The number of hydrogen-bond donors (Lipinski definition) is 4. The fourth-order valence-corrected chi connectivity index (χ4v) is 6.82. The van der Waals surface area contributed by atoms with Gasteiger partial charge in [-0.15, -0.1) is 0 Å². The molecule has 0 aliphatic heterocycles. The topological polar surface area (TPSA) is 124 Å². The van der Waals surface area contributed by atoms with Crippen LogP contribution < -0.4 is 0 Å². The molecule has 0 saturated carbocycles. The minimum atomic E-state index is -0.681. The zero-order chi connectivity index (χ0) is 32.2. The van der Waals surface area contributed by atoms with E-state index in [1.807, 2.05) is 76.2 Å². The largest absolute Gasteiger partial charge is 0.507 e. The second-order valence-electron chi connectivity index (χ2n) is 12.4. The smallest absolute Gasteiger partial charge is 0.269 e. The molecule has 0 atom stereocenters. The molecule has 0 amide bonds. The highest BCUT2D eigenvalue weighted by molar-refractivity contribution is 5.61. The first kappa shape index (κ1) is 29.8. The second-order valence-corrected chi connectivity index (χ2v) is 12.4. The summed E-state index contributed by atoms with van der Waals surface area (Å²) in [6.45, 7) is 7.77. The van der Waals surface area contributed by atoms with E-state index in [1.54, 1.807) is 12.1 Å². The number of fused-ring (bicyclic) bond motifs is 8. The molecule has 0 saturated heterocycles. The highest BCUT2D eigenvalue weighted by Gasteiger charge is 2.28. The molecule has 0 unspecified atom stereocenters. The Morgan fingerprint density at radius 1 is 0.533 bits per heavy atom. The van der Waals surface area contributed by atoms with Crippen molar-refractivity contribution in [2.75, 3.05) is 0 Å². The summed E-state index contributed by atoms with van der Waals surface area (Å²) in [5.41, 5.74) is 9.12. The molecule has 7 heteroatoms. The summed E-state index contributed by atoms with van der Waals surface area (Å²) < 4.78 is 0. The van der Waals surface area contributed by atoms with Crippen molar-refractivity contribution in [2.45, 2.75) is 52.9 Å². The molecular formula is C38H35NO6. The Hall–Kier alpha value is -5.30. The number of aryl methyl sites for hydroxylation is 4. The Morgan fingerprint density at radius 2 is 0.844 bits per heavy atom. The molecular weight excluding hydrogens is 566 g/mol. The average molecular weight is 602 g/mol. The third kappa shape index (κ3) is 5.57. The molecule has 1 aliphatic rings. The second kappa shape index (κ2) is 11.3. The third-order valence-electron chi connectivity index (χ3n) is 8.75. The Balaban J connectivity index is 1.69. The van der Waals surface area contributed by atoms with E-state index in [9.17, 15) is 30.5 Å². The van der Waals surface area contributed by atoms with E-state index >= 15 is 0 Å². The summed E-state index contributed by atoms with van der Waals surface area (Å²) in [6, 6.07) is 21.3. The van der Waals surface area contributed by atoms with Crippen LogP contribution >= 0.6 is 0 Å². The van der Waals surface area contributed by atoms with Crippen LogP contribution in [0.3, 0.4) is 0 Å². The van der Waals surface area contributed by atoms with Crippen molar-refractivity contribution in [2.24, 2.45) is 0 Å². The minimum absolute atomic E-state index is 0.0273. The van der Waals surface area contributed by atoms with Gasteiger partial charge in [-0.3, -0.25) is 10.1 Å². The molecule has 228 valence electrons. The van der Waals surface area contributed by atoms with Crippen LogP contribution in [0.4, 0.5) is 5.69 Å². The van der Waals surface area contributed by atoms with Crippen LogP contribution in [-0.2, 0) is 19.3 Å². The molecule has 7 nitrogen and oxygen atoms in total. The lowest BCUT2D eigenvalue weighted by Crippen LogP contribution is -2.09. The van der Waals surface area contributed by atoms with Gasteiger partial charge in [-0.25, -0.2) is 0 Å². The third-order valence-corrected chi connectivity index (χ3v) is 8.75. The van der Waals surface area contributed by atoms with Gasteiger partial charge in [0.15, 0.2) is 0 Å². The molecule has 0 radical (unpaired) electrons. The van der Waals surface area contributed by atoms with E-state index < -0.39 is 10.8 Å². The number of nitro groups is 1. The summed E-state index contributed by atoms with van der Waals surface area (Å²) in [5.74, 6) is -0.399. The summed E-state index contributed by atoms with van der Waals surface area (Å²) in [4.78, 5) is 11.0. The van der Waals surface area contributed by atoms with E-state index in [0.717, 1.165) is 22.3 Å². The molecule has 0 fully saturated rings. The molecule has 5 aromatic rings. The number of phenolic OH excluding ortho intramolecular Hbond substituents is 4. The van der Waals surface area contributed by atoms with Crippen molar-refractivity contribution in [3.8, 4) is 23.0 Å². The summed E-state index contributed by atoms with van der Waals surface area (Å²) in [5, 5.41) is 58.3. The van der Waals surface area contributed by atoms with Gasteiger partial charge in [0, 0.05) is 48.4 Å². The van der Waals surface area contributed by atoms with Gasteiger partial charge >= 0.3 is 0 Å². The van der Waals surface area contributed by atoms with Crippen molar-refractivity contribution in [3.05, 3.63) is 155 Å². The van der Waals surface area contributed by atoms with Gasteiger partial charge in [0.25, 0.3) is 5.69 Å². The average Bonchev–Trinajstić information content (AvgIpc) is 2.98. The number of nitrogens with zero attached hydrogens (tertiary/aromatic N) is 1. The minimum Gasteiger partial charge on any atom is -0.507 e. The molecule has 1 aliphatic carbocycles. The maximum Gasteiger partial charge on any atom is 0.269 e. The lowest BCUT2D eigenvalue weighted by Gasteiger charge is -2.25. The van der Waals surface area contributed by atoms with Crippen molar-refractivity contribution >= 4 is 5.69 Å². The first-order chi connectivity index (χ1) is 21.4. The standard InChI is InChI=1S/C38H35NO6/c1-20-9-25-17-26-10-21(2)12-28(36(26)41)19-30-14-23(4)16-33(38(30)43)34(24-5-7-31(8-6-24)39(44)45)32-15-22(3)13-29(37(32)42)18-27(11-20)35(25)40/h5-16,34,40-43H,17-19H2,1-4H3. The van der Waals surface area contributed by atoms with Crippen LogP contribution in [0.1, 0.15) is 78.2 Å². The van der Waals surface area contributed by atoms with Gasteiger partial charge in [-0.05, 0) is 66.6 Å². The zero-order valence-electron chi connectivity index (χ0n) is 25.7. The number of non-ortho nitro benzene ring substituents is 1. The van der Waals surface area contributed by atoms with Crippen LogP contribution in [0.5, 0.6) is 23.0 Å². The molecule has 5 aromatic carbocycles. The van der Waals surface area contributed by atoms with Gasteiger partial charge in [0.1, 0.15) is 23.0 Å². The Labute approximate surface area is 261 Å². The number of benzene rings is 5. The Bertz CT molecular complexity index is 1880. The fraction of sp³-hybridized carbons (Fsp3) is 0.211. The highest BCUT2D eigenvalue weighted by atomic mass is 16.6. The zero-order valence-corrected chi connectivity index (χ0v) is 25.7. The normalized spacial score (nSPS) is 13.1. The SMILES string of the molecule is Cc1cc2c(O)c(c1)Cc1cc(C)cc(c1O)C(c1ccc([N+](=O)[O-])cc1)c1cc(C)cc(c1O)Cc1cc(C)cc(c1O)C2. The quantitative estimate of drug-likeness (QED) is 0.118. The number of hydrogen-bond acceptors (Lipinski definition) is 6. The fourth-order valence-electron chi connectivity index (χ4n) is 6.82.